The Labute approximate surface area is 35.2 Å². The maximum Gasteiger partial charge on any atom is 0.0379 e. The van der Waals surface area contributed by atoms with Gasteiger partial charge in [-0.1, -0.05) is 25.7 Å². The van der Waals surface area contributed by atoms with Crippen molar-refractivity contribution in [2.45, 2.75) is 25.7 Å². The maximum absolute atomic E-state index is 1.50. The second kappa shape index (κ2) is 2.31. The van der Waals surface area contributed by atoms with E-state index in [-0.39, 0.29) is 8.41 Å². The van der Waals surface area contributed by atoms with Crippen LogP contribution in [0.1, 0.15) is 25.7 Å². The van der Waals surface area contributed by atoms with Gasteiger partial charge >= 0.3 is 0 Å². The summed E-state index contributed by atoms with van der Waals surface area (Å²) in [6.45, 7) is 0. The van der Waals surface area contributed by atoms with Gasteiger partial charge in [-0.2, -0.15) is 0 Å². The van der Waals surface area contributed by atoms with E-state index in [2.05, 4.69) is 0 Å². The van der Waals surface area contributed by atoms with Crippen molar-refractivity contribution in [3.63, 3.8) is 0 Å². The van der Waals surface area contributed by atoms with Crippen LogP contribution in [0.15, 0.2) is 0 Å². The van der Waals surface area contributed by atoms with E-state index in [0.717, 1.165) is 0 Å². The molecule has 28 valence electrons. The molecule has 1 fully saturated rings. The molecule has 1 aliphatic carbocycles. The first kappa shape index (κ1) is 5.06. The van der Waals surface area contributed by atoms with Gasteiger partial charge in [0.2, 0.25) is 0 Å². The molecule has 2 radical (unpaired) electrons. The lowest BCUT2D eigenvalue weighted by Gasteiger charge is -2.05. The number of hydrogen-bond donors (Lipinski definition) is 0. The molecule has 0 heterocycles. The van der Waals surface area contributed by atoms with Crippen LogP contribution in [0.5, 0.6) is 0 Å². The zero-order valence-electron chi connectivity index (χ0n) is 3.54. The molecule has 1 rings (SSSR count). The Morgan fingerprint density at radius 2 is 0.800 bits per heavy atom. The van der Waals surface area contributed by atoms with E-state index in [1.807, 2.05) is 0 Å². The molecule has 0 aliphatic heterocycles. The minimum atomic E-state index is 0. The van der Waals surface area contributed by atoms with Crippen molar-refractivity contribution >= 4 is 8.41 Å². The van der Waals surface area contributed by atoms with Crippen molar-refractivity contribution in [2.75, 3.05) is 0 Å². The molecule has 0 spiro atoms. The third kappa shape index (κ3) is 1.05. The normalized spacial score (nSPS) is 19.2. The van der Waals surface area contributed by atoms with Gasteiger partial charge in [0.05, 0.1) is 0 Å². The smallest absolute Gasteiger partial charge is 0.0379 e. The van der Waals surface area contributed by atoms with Crippen LogP contribution in [0.3, 0.4) is 0 Å². The lowest BCUT2D eigenvalue weighted by Crippen LogP contribution is -1.85. The fraction of sp³-hybridized carbons (Fsp3) is 1.00. The molecule has 0 nitrogen and oxygen atoms in total. The van der Waals surface area contributed by atoms with Gasteiger partial charge in [-0.25, -0.2) is 0 Å². The van der Waals surface area contributed by atoms with Gasteiger partial charge in [0.25, 0.3) is 0 Å². The third-order valence-corrected chi connectivity index (χ3v) is 1.000. The van der Waals surface area contributed by atoms with Crippen molar-refractivity contribution in [3.05, 3.63) is 0 Å². The molecule has 5 heavy (non-hydrogen) atoms. The average molecular weight is 67.9 g/mol. The summed E-state index contributed by atoms with van der Waals surface area (Å²) < 4.78 is 0. The summed E-state index contributed by atoms with van der Waals surface area (Å²) in [5.74, 6) is 0. The summed E-state index contributed by atoms with van der Waals surface area (Å²) in [6.07, 6.45) is 6.00. The van der Waals surface area contributed by atoms with Crippen LogP contribution >= 0.6 is 0 Å². The van der Waals surface area contributed by atoms with E-state index in [1.54, 1.807) is 0 Å². The SMILES string of the molecule is C1CCC1.[BH]. The van der Waals surface area contributed by atoms with E-state index < -0.39 is 0 Å². The highest BCUT2D eigenvalue weighted by Gasteiger charge is 1.95. The lowest BCUT2D eigenvalue weighted by atomic mass is 10.0. The zero-order chi connectivity index (χ0) is 2.83. The van der Waals surface area contributed by atoms with Crippen LogP contribution in [-0.4, -0.2) is 8.41 Å². The predicted octanol–water partition coefficient (Wildman–Crippen LogP) is 0.912. The Bertz CT molecular complexity index is 11.6. The van der Waals surface area contributed by atoms with Crippen molar-refractivity contribution in [1.29, 1.82) is 0 Å². The van der Waals surface area contributed by atoms with Crippen LogP contribution in [-0.2, 0) is 0 Å². The summed E-state index contributed by atoms with van der Waals surface area (Å²) in [5, 5.41) is 0. The largest absolute Gasteiger partial charge is 0.0533 e. The van der Waals surface area contributed by atoms with Crippen molar-refractivity contribution in [3.8, 4) is 0 Å². The van der Waals surface area contributed by atoms with Crippen LogP contribution in [0, 0.1) is 0 Å². The Kier molecular flexibility index (Phi) is 2.34. The Hall–Kier alpha value is 0.0649. The van der Waals surface area contributed by atoms with Gasteiger partial charge in [0.15, 0.2) is 0 Å². The van der Waals surface area contributed by atoms with Gasteiger partial charge < -0.3 is 0 Å². The molecule has 0 bridgehead atoms. The minimum absolute atomic E-state index is 0. The molecule has 0 atom stereocenters. The van der Waals surface area contributed by atoms with Gasteiger partial charge in [-0.15, -0.1) is 0 Å². The molecule has 0 N–H and O–H groups in total. The average Bonchev–Trinajstić information content (AvgIpc) is 0.722. The van der Waals surface area contributed by atoms with E-state index in [4.69, 9.17) is 0 Å². The van der Waals surface area contributed by atoms with Gasteiger partial charge in [0.1, 0.15) is 0 Å². The first-order valence-corrected chi connectivity index (χ1v) is 2.00. The fourth-order valence-corrected chi connectivity index (χ4v) is 0.250. The Balaban J connectivity index is 0.000000160. The molecule has 0 aromatic carbocycles. The molecule has 0 aromatic heterocycles. The summed E-state index contributed by atoms with van der Waals surface area (Å²) in [5.41, 5.74) is 0. The second-order valence-electron chi connectivity index (χ2n) is 1.41. The summed E-state index contributed by atoms with van der Waals surface area (Å²) in [6, 6.07) is 0. The standard InChI is InChI=1S/C4H8.BH/c1-2-4-3-1;/h1-4H2;1H. The number of rotatable bonds is 0. The van der Waals surface area contributed by atoms with Crippen molar-refractivity contribution < 1.29 is 0 Å². The van der Waals surface area contributed by atoms with Crippen molar-refractivity contribution in [1.82, 2.24) is 0 Å². The minimum Gasteiger partial charge on any atom is -0.0533 e. The maximum atomic E-state index is 1.50. The zero-order valence-corrected chi connectivity index (χ0v) is 3.54. The first-order chi connectivity index (χ1) is 2.00. The second-order valence-corrected chi connectivity index (χ2v) is 1.41. The van der Waals surface area contributed by atoms with Gasteiger partial charge in [0, 0.05) is 8.41 Å². The van der Waals surface area contributed by atoms with Crippen LogP contribution < -0.4 is 0 Å². The molecule has 1 heteroatoms. The quantitative estimate of drug-likeness (QED) is 0.370. The van der Waals surface area contributed by atoms with Crippen LogP contribution in [0.25, 0.3) is 0 Å². The summed E-state index contributed by atoms with van der Waals surface area (Å²) in [7, 11) is 0. The Morgan fingerprint density at radius 1 is 0.600 bits per heavy atom. The van der Waals surface area contributed by atoms with Crippen LogP contribution in [0.2, 0.25) is 0 Å². The monoisotopic (exact) mass is 68.1 g/mol. The molecule has 0 unspecified atom stereocenters. The third-order valence-electron chi connectivity index (χ3n) is 1.000. The van der Waals surface area contributed by atoms with Gasteiger partial charge in [-0.05, 0) is 0 Å². The predicted molar refractivity (Wildman–Crippen MR) is 25.6 cm³/mol. The first-order valence-electron chi connectivity index (χ1n) is 2.00. The van der Waals surface area contributed by atoms with Crippen LogP contribution in [0.4, 0.5) is 0 Å². The van der Waals surface area contributed by atoms with Crippen molar-refractivity contribution in [2.24, 2.45) is 0 Å². The summed E-state index contributed by atoms with van der Waals surface area (Å²) >= 11 is 0. The highest BCUT2D eigenvalue weighted by atomic mass is 14.0. The van der Waals surface area contributed by atoms with E-state index in [1.165, 1.54) is 25.7 Å². The van der Waals surface area contributed by atoms with E-state index in [9.17, 15) is 0 Å². The topological polar surface area (TPSA) is 0 Å². The molecule has 0 aromatic rings. The highest BCUT2D eigenvalue weighted by Crippen LogP contribution is 2.15. The molecule has 0 amide bonds. The molecule has 1 saturated carbocycles. The molecular weight excluding hydrogens is 58.9 g/mol. The number of hydrogen-bond acceptors (Lipinski definition) is 0. The van der Waals surface area contributed by atoms with Gasteiger partial charge in [-0.3, -0.25) is 0 Å². The van der Waals surface area contributed by atoms with E-state index in [0.29, 0.717) is 0 Å². The fourth-order valence-electron chi connectivity index (χ4n) is 0.250. The summed E-state index contributed by atoms with van der Waals surface area (Å²) in [4.78, 5) is 0. The lowest BCUT2D eigenvalue weighted by molar-refractivity contribution is 0.504. The van der Waals surface area contributed by atoms with E-state index >= 15 is 0 Å². The highest BCUT2D eigenvalue weighted by molar-refractivity contribution is 5.75. The molecule has 1 aliphatic rings. The molecular formula is C4H9B. The Morgan fingerprint density at radius 3 is 0.800 bits per heavy atom. The molecule has 0 saturated heterocycles.